The van der Waals surface area contributed by atoms with Gasteiger partial charge in [0, 0.05) is 24.8 Å². The van der Waals surface area contributed by atoms with Gasteiger partial charge in [-0.15, -0.1) is 0 Å². The topological polar surface area (TPSA) is 50.1 Å². The molecule has 0 bridgehead atoms. The molecular formula is C19H20FN3O. The summed E-state index contributed by atoms with van der Waals surface area (Å²) in [5.41, 5.74) is 3.87. The van der Waals surface area contributed by atoms with Crippen molar-refractivity contribution < 1.29 is 9.50 Å². The molecule has 0 saturated heterocycles. The van der Waals surface area contributed by atoms with Gasteiger partial charge in [0.15, 0.2) is 0 Å². The van der Waals surface area contributed by atoms with E-state index in [9.17, 15) is 9.50 Å². The molecule has 0 aliphatic carbocycles. The molecule has 1 aromatic heterocycles. The third kappa shape index (κ3) is 4.07. The summed E-state index contributed by atoms with van der Waals surface area (Å²) < 4.78 is 14.6. The second-order valence-electron chi connectivity index (χ2n) is 5.83. The van der Waals surface area contributed by atoms with E-state index in [0.717, 1.165) is 16.8 Å². The van der Waals surface area contributed by atoms with Gasteiger partial charge in [0.1, 0.15) is 5.82 Å². The predicted molar refractivity (Wildman–Crippen MR) is 91.4 cm³/mol. The Morgan fingerprint density at radius 2 is 1.83 bits per heavy atom. The summed E-state index contributed by atoms with van der Waals surface area (Å²) in [6.07, 6.45) is 3.10. The second-order valence-corrected chi connectivity index (χ2v) is 5.83. The largest absolute Gasteiger partial charge is 0.387 e. The van der Waals surface area contributed by atoms with Crippen molar-refractivity contribution in [1.82, 2.24) is 15.1 Å². The smallest absolute Gasteiger partial charge is 0.123 e. The molecule has 0 radical (unpaired) electrons. The number of hydrogen-bond donors (Lipinski definition) is 2. The zero-order chi connectivity index (χ0) is 16.9. The molecule has 0 aliphatic rings. The summed E-state index contributed by atoms with van der Waals surface area (Å²) in [6.45, 7) is 3.09. The number of aliphatic hydroxyl groups excluding tert-OH is 1. The zero-order valence-corrected chi connectivity index (χ0v) is 13.5. The van der Waals surface area contributed by atoms with Crippen molar-refractivity contribution in [2.24, 2.45) is 0 Å². The Labute approximate surface area is 140 Å². The molecule has 124 valence electrons. The van der Waals surface area contributed by atoms with Crippen molar-refractivity contribution in [3.63, 3.8) is 0 Å². The quantitative estimate of drug-likeness (QED) is 0.732. The lowest BCUT2D eigenvalue weighted by Gasteiger charge is -2.12. The Bertz CT molecular complexity index is 781. The molecule has 5 heteroatoms. The molecule has 4 nitrogen and oxygen atoms in total. The van der Waals surface area contributed by atoms with E-state index in [-0.39, 0.29) is 5.82 Å². The van der Waals surface area contributed by atoms with E-state index in [1.165, 1.54) is 17.7 Å². The van der Waals surface area contributed by atoms with Crippen molar-refractivity contribution in [2.75, 3.05) is 6.54 Å². The Hall–Kier alpha value is -2.50. The van der Waals surface area contributed by atoms with Gasteiger partial charge in [0.2, 0.25) is 0 Å². The highest BCUT2D eigenvalue weighted by Gasteiger charge is 2.07. The van der Waals surface area contributed by atoms with Crippen LogP contribution in [0.4, 0.5) is 4.39 Å². The third-order valence-electron chi connectivity index (χ3n) is 3.86. The van der Waals surface area contributed by atoms with E-state index >= 15 is 0 Å². The van der Waals surface area contributed by atoms with Crippen LogP contribution in [0.3, 0.4) is 0 Å². The van der Waals surface area contributed by atoms with Gasteiger partial charge in [-0.1, -0.05) is 29.8 Å². The molecule has 0 saturated carbocycles. The molecule has 24 heavy (non-hydrogen) atoms. The number of aromatic nitrogens is 2. The number of aliphatic hydroxyl groups is 1. The van der Waals surface area contributed by atoms with Crippen molar-refractivity contribution in [3.05, 3.63) is 83.4 Å². The summed E-state index contributed by atoms with van der Waals surface area (Å²) in [5, 5.41) is 17.7. The second kappa shape index (κ2) is 7.38. The maximum absolute atomic E-state index is 12.9. The van der Waals surface area contributed by atoms with Gasteiger partial charge in [0.25, 0.3) is 0 Å². The lowest BCUT2D eigenvalue weighted by atomic mass is 10.1. The van der Waals surface area contributed by atoms with Crippen molar-refractivity contribution in [1.29, 1.82) is 0 Å². The van der Waals surface area contributed by atoms with Gasteiger partial charge in [0.05, 0.1) is 18.0 Å². The molecule has 0 amide bonds. The van der Waals surface area contributed by atoms with E-state index in [4.69, 9.17) is 0 Å². The number of hydrogen-bond acceptors (Lipinski definition) is 3. The van der Waals surface area contributed by atoms with Crippen LogP contribution in [0.1, 0.15) is 22.8 Å². The fraction of sp³-hybridized carbons (Fsp3) is 0.211. The average molecular weight is 325 g/mol. The Morgan fingerprint density at radius 1 is 1.12 bits per heavy atom. The first kappa shape index (κ1) is 16.4. The minimum absolute atomic E-state index is 0.266. The summed E-state index contributed by atoms with van der Waals surface area (Å²) >= 11 is 0. The summed E-state index contributed by atoms with van der Waals surface area (Å²) in [7, 11) is 0. The lowest BCUT2D eigenvalue weighted by Crippen LogP contribution is -2.20. The summed E-state index contributed by atoms with van der Waals surface area (Å²) in [6, 6.07) is 14.0. The molecule has 0 fully saturated rings. The molecule has 2 aromatic carbocycles. The van der Waals surface area contributed by atoms with Crippen LogP contribution >= 0.6 is 0 Å². The van der Waals surface area contributed by atoms with Gasteiger partial charge < -0.3 is 10.4 Å². The number of nitrogens with one attached hydrogen (secondary N) is 1. The number of nitrogens with zero attached hydrogens (tertiary/aromatic N) is 2. The first-order chi connectivity index (χ1) is 11.6. The molecule has 3 aromatic rings. The summed E-state index contributed by atoms with van der Waals surface area (Å²) in [5.74, 6) is -0.266. The molecule has 0 spiro atoms. The van der Waals surface area contributed by atoms with Gasteiger partial charge in [-0.25, -0.2) is 9.07 Å². The van der Waals surface area contributed by atoms with Gasteiger partial charge >= 0.3 is 0 Å². The molecule has 2 N–H and O–H groups in total. The van der Waals surface area contributed by atoms with Crippen LogP contribution in [0, 0.1) is 12.7 Å². The maximum atomic E-state index is 12.9. The highest BCUT2D eigenvalue weighted by molar-refractivity contribution is 5.31. The number of benzene rings is 2. The highest BCUT2D eigenvalue weighted by Crippen LogP contribution is 2.13. The van der Waals surface area contributed by atoms with Crippen LogP contribution < -0.4 is 5.32 Å². The highest BCUT2D eigenvalue weighted by atomic mass is 19.1. The van der Waals surface area contributed by atoms with Crippen molar-refractivity contribution >= 4 is 0 Å². The Balaban J connectivity index is 1.54. The number of rotatable bonds is 6. The Morgan fingerprint density at radius 3 is 2.54 bits per heavy atom. The average Bonchev–Trinajstić information content (AvgIpc) is 3.05. The molecule has 1 unspecified atom stereocenters. The van der Waals surface area contributed by atoms with Crippen LogP contribution in [0.15, 0.2) is 60.9 Å². The van der Waals surface area contributed by atoms with E-state index in [1.807, 2.05) is 37.4 Å². The minimum atomic E-state index is -0.544. The van der Waals surface area contributed by atoms with E-state index < -0.39 is 6.10 Å². The fourth-order valence-corrected chi connectivity index (χ4v) is 2.45. The Kier molecular flexibility index (Phi) is 5.03. The normalized spacial score (nSPS) is 12.3. The monoisotopic (exact) mass is 325 g/mol. The minimum Gasteiger partial charge on any atom is -0.387 e. The van der Waals surface area contributed by atoms with Crippen LogP contribution in [-0.4, -0.2) is 21.4 Å². The van der Waals surface area contributed by atoms with Crippen molar-refractivity contribution in [2.45, 2.75) is 19.6 Å². The molecule has 0 aliphatic heterocycles. The van der Waals surface area contributed by atoms with E-state index in [1.54, 1.807) is 23.0 Å². The van der Waals surface area contributed by atoms with Crippen LogP contribution in [0.2, 0.25) is 0 Å². The first-order valence-electron chi connectivity index (χ1n) is 7.86. The fourth-order valence-electron chi connectivity index (χ4n) is 2.45. The van der Waals surface area contributed by atoms with Gasteiger partial charge in [-0.3, -0.25) is 0 Å². The molecule has 1 heterocycles. The SMILES string of the molecule is Cc1ccc(C(O)CNCc2cnn(-c3ccc(F)cc3)c2)cc1. The third-order valence-corrected chi connectivity index (χ3v) is 3.86. The maximum Gasteiger partial charge on any atom is 0.123 e. The van der Waals surface area contributed by atoms with E-state index in [0.29, 0.717) is 13.1 Å². The number of halogens is 1. The molecule has 3 rings (SSSR count). The predicted octanol–water partition coefficient (Wildman–Crippen LogP) is 3.14. The zero-order valence-electron chi connectivity index (χ0n) is 13.5. The van der Waals surface area contributed by atoms with Crippen LogP contribution in [-0.2, 0) is 6.54 Å². The van der Waals surface area contributed by atoms with Gasteiger partial charge in [-0.2, -0.15) is 5.10 Å². The van der Waals surface area contributed by atoms with Crippen LogP contribution in [0.5, 0.6) is 0 Å². The molecule has 1 atom stereocenters. The van der Waals surface area contributed by atoms with E-state index in [2.05, 4.69) is 10.4 Å². The van der Waals surface area contributed by atoms with Crippen LogP contribution in [0.25, 0.3) is 5.69 Å². The number of aryl methyl sites for hydroxylation is 1. The lowest BCUT2D eigenvalue weighted by molar-refractivity contribution is 0.174. The summed E-state index contributed by atoms with van der Waals surface area (Å²) in [4.78, 5) is 0. The standard InChI is InChI=1S/C19H20FN3O/c1-14-2-4-16(5-3-14)19(24)12-21-10-15-11-22-23(13-15)18-8-6-17(20)7-9-18/h2-9,11,13,19,21,24H,10,12H2,1H3. The first-order valence-corrected chi connectivity index (χ1v) is 7.86. The van der Waals surface area contributed by atoms with Gasteiger partial charge in [-0.05, 0) is 36.8 Å². The van der Waals surface area contributed by atoms with Crippen molar-refractivity contribution in [3.8, 4) is 5.69 Å². The molecular weight excluding hydrogens is 305 g/mol.